The molecule has 2 heterocycles. The number of ether oxygens (including phenoxy) is 1. The van der Waals surface area contributed by atoms with Crippen molar-refractivity contribution in [2.75, 3.05) is 11.9 Å². The van der Waals surface area contributed by atoms with Crippen LogP contribution in [0.15, 0.2) is 53.0 Å². The van der Waals surface area contributed by atoms with E-state index in [0.29, 0.717) is 0 Å². The summed E-state index contributed by atoms with van der Waals surface area (Å²) in [5.41, 5.74) is 1.26. The lowest BCUT2D eigenvalue weighted by Gasteiger charge is -2.28. The lowest BCUT2D eigenvalue weighted by Crippen LogP contribution is -2.42. The molecule has 2 aliphatic heterocycles. The smallest absolute Gasteiger partial charge is 0.308 e. The molecule has 1 spiro atoms. The Balaban J connectivity index is 1.93. The summed E-state index contributed by atoms with van der Waals surface area (Å²) < 4.78 is 6.63. The average Bonchev–Trinajstić information content (AvgIpc) is 3.01. The van der Waals surface area contributed by atoms with Crippen molar-refractivity contribution in [1.29, 1.82) is 0 Å². The molecule has 0 radical (unpaired) electrons. The zero-order valence-corrected chi connectivity index (χ0v) is 14.0. The standard InChI is InChI=1S/C18H14BrNO3/c1-20-15-5-3-2-4-13(15)18(17(20)22)14(10-16(21)23-18)11-6-8-12(19)9-7-11/h2-9,14H,10H2,1H3. The first kappa shape index (κ1) is 14.5. The number of rotatable bonds is 1. The summed E-state index contributed by atoms with van der Waals surface area (Å²) in [7, 11) is 1.72. The van der Waals surface area contributed by atoms with Crippen molar-refractivity contribution >= 4 is 33.5 Å². The Labute approximate surface area is 142 Å². The third-order valence-corrected chi connectivity index (χ3v) is 5.23. The molecule has 2 aromatic carbocycles. The fourth-order valence-corrected chi connectivity index (χ4v) is 3.90. The molecule has 0 aromatic heterocycles. The minimum Gasteiger partial charge on any atom is -0.443 e. The van der Waals surface area contributed by atoms with Crippen LogP contribution in [-0.4, -0.2) is 18.9 Å². The topological polar surface area (TPSA) is 46.6 Å². The molecule has 2 aromatic rings. The number of halogens is 1. The molecule has 5 heteroatoms. The molecule has 1 fully saturated rings. The van der Waals surface area contributed by atoms with E-state index in [2.05, 4.69) is 15.9 Å². The first-order valence-electron chi connectivity index (χ1n) is 7.39. The number of esters is 1. The minimum atomic E-state index is -1.24. The van der Waals surface area contributed by atoms with E-state index in [-0.39, 0.29) is 24.2 Å². The van der Waals surface area contributed by atoms with E-state index < -0.39 is 5.60 Å². The molecule has 1 saturated heterocycles. The van der Waals surface area contributed by atoms with Crippen molar-refractivity contribution in [3.05, 3.63) is 64.1 Å². The second-order valence-electron chi connectivity index (χ2n) is 5.90. The summed E-state index contributed by atoms with van der Waals surface area (Å²) in [5.74, 6) is -0.837. The summed E-state index contributed by atoms with van der Waals surface area (Å²) in [6.45, 7) is 0. The monoisotopic (exact) mass is 371 g/mol. The van der Waals surface area contributed by atoms with Crippen molar-refractivity contribution < 1.29 is 14.3 Å². The van der Waals surface area contributed by atoms with E-state index in [0.717, 1.165) is 21.3 Å². The van der Waals surface area contributed by atoms with Crippen LogP contribution >= 0.6 is 15.9 Å². The van der Waals surface area contributed by atoms with Gasteiger partial charge in [-0.15, -0.1) is 0 Å². The predicted molar refractivity (Wildman–Crippen MR) is 89.1 cm³/mol. The molecule has 0 saturated carbocycles. The number of fused-ring (bicyclic) bond motifs is 2. The highest BCUT2D eigenvalue weighted by Gasteiger charge is 2.62. The van der Waals surface area contributed by atoms with Crippen LogP contribution in [0.2, 0.25) is 0 Å². The molecule has 2 unspecified atom stereocenters. The maximum absolute atomic E-state index is 13.0. The van der Waals surface area contributed by atoms with E-state index in [1.807, 2.05) is 48.5 Å². The molecule has 0 N–H and O–H groups in total. The molecule has 2 atom stereocenters. The molecule has 2 aliphatic rings. The van der Waals surface area contributed by atoms with E-state index in [1.165, 1.54) is 0 Å². The number of carbonyl (C=O) groups excluding carboxylic acids is 2. The highest BCUT2D eigenvalue weighted by atomic mass is 79.9. The van der Waals surface area contributed by atoms with Gasteiger partial charge in [0.1, 0.15) is 0 Å². The zero-order valence-electron chi connectivity index (χ0n) is 12.5. The van der Waals surface area contributed by atoms with Gasteiger partial charge in [-0.2, -0.15) is 0 Å². The Morgan fingerprint density at radius 2 is 1.83 bits per heavy atom. The SMILES string of the molecule is CN1C(=O)C2(OC(=O)CC2c2ccc(Br)cc2)c2ccccc21. The number of benzene rings is 2. The largest absolute Gasteiger partial charge is 0.443 e. The number of carbonyl (C=O) groups is 2. The summed E-state index contributed by atoms with van der Waals surface area (Å²) in [6.07, 6.45) is 0.204. The van der Waals surface area contributed by atoms with Crippen LogP contribution in [-0.2, 0) is 19.9 Å². The quantitative estimate of drug-likeness (QED) is 0.722. The fraction of sp³-hybridized carbons (Fsp3) is 0.222. The van der Waals surface area contributed by atoms with Gasteiger partial charge < -0.3 is 9.64 Å². The van der Waals surface area contributed by atoms with Gasteiger partial charge in [-0.05, 0) is 23.8 Å². The van der Waals surface area contributed by atoms with Crippen LogP contribution in [0.25, 0.3) is 0 Å². The van der Waals surface area contributed by atoms with Crippen molar-refractivity contribution in [2.45, 2.75) is 17.9 Å². The summed E-state index contributed by atoms with van der Waals surface area (Å²) >= 11 is 3.41. The number of likely N-dealkylation sites (N-methyl/N-ethyl adjacent to an activating group) is 1. The van der Waals surface area contributed by atoms with Crippen molar-refractivity contribution in [2.24, 2.45) is 0 Å². The Morgan fingerprint density at radius 1 is 1.13 bits per heavy atom. The Morgan fingerprint density at radius 3 is 2.57 bits per heavy atom. The molecule has 4 rings (SSSR count). The van der Waals surface area contributed by atoms with Crippen LogP contribution < -0.4 is 4.90 Å². The van der Waals surface area contributed by atoms with Gasteiger partial charge in [0.2, 0.25) is 5.60 Å². The number of anilines is 1. The van der Waals surface area contributed by atoms with E-state index in [1.54, 1.807) is 11.9 Å². The summed E-state index contributed by atoms with van der Waals surface area (Å²) in [4.78, 5) is 26.7. The predicted octanol–water partition coefficient (Wildman–Crippen LogP) is 3.35. The van der Waals surface area contributed by atoms with Gasteiger partial charge in [0, 0.05) is 23.0 Å². The van der Waals surface area contributed by atoms with E-state index in [9.17, 15) is 9.59 Å². The fourth-order valence-electron chi connectivity index (χ4n) is 3.64. The second-order valence-corrected chi connectivity index (χ2v) is 6.81. The lowest BCUT2D eigenvalue weighted by atomic mass is 9.78. The molecule has 1 amide bonds. The normalized spacial score (nSPS) is 25.8. The minimum absolute atomic E-state index is 0.183. The zero-order chi connectivity index (χ0) is 16.2. The Hall–Kier alpha value is -2.14. The summed E-state index contributed by atoms with van der Waals surface area (Å²) in [5, 5.41) is 0. The highest BCUT2D eigenvalue weighted by Crippen LogP contribution is 2.55. The third kappa shape index (κ3) is 1.89. The summed E-state index contributed by atoms with van der Waals surface area (Å²) in [6, 6.07) is 15.2. The average molecular weight is 372 g/mol. The molecular formula is C18H14BrNO3. The number of amides is 1. The van der Waals surface area contributed by atoms with E-state index >= 15 is 0 Å². The Kier molecular flexibility index (Phi) is 3.10. The number of hydrogen-bond acceptors (Lipinski definition) is 3. The lowest BCUT2D eigenvalue weighted by molar-refractivity contribution is -0.157. The molecule has 116 valence electrons. The van der Waals surface area contributed by atoms with Gasteiger partial charge in [0.15, 0.2) is 0 Å². The molecule has 4 nitrogen and oxygen atoms in total. The van der Waals surface area contributed by atoms with Crippen LogP contribution in [0.4, 0.5) is 5.69 Å². The van der Waals surface area contributed by atoms with Gasteiger partial charge in [-0.25, -0.2) is 0 Å². The first-order chi connectivity index (χ1) is 11.0. The van der Waals surface area contributed by atoms with Gasteiger partial charge in [-0.1, -0.05) is 46.3 Å². The third-order valence-electron chi connectivity index (χ3n) is 4.70. The highest BCUT2D eigenvalue weighted by molar-refractivity contribution is 9.10. The molecule has 0 aliphatic carbocycles. The first-order valence-corrected chi connectivity index (χ1v) is 8.18. The van der Waals surface area contributed by atoms with Crippen molar-refractivity contribution in [3.8, 4) is 0 Å². The van der Waals surface area contributed by atoms with Crippen LogP contribution in [0.5, 0.6) is 0 Å². The van der Waals surface area contributed by atoms with Crippen LogP contribution in [0, 0.1) is 0 Å². The van der Waals surface area contributed by atoms with Crippen LogP contribution in [0.3, 0.4) is 0 Å². The molecule has 0 bridgehead atoms. The van der Waals surface area contributed by atoms with Crippen molar-refractivity contribution in [3.63, 3.8) is 0 Å². The maximum Gasteiger partial charge on any atom is 0.308 e. The van der Waals surface area contributed by atoms with Gasteiger partial charge >= 0.3 is 5.97 Å². The maximum atomic E-state index is 13.0. The van der Waals surface area contributed by atoms with Gasteiger partial charge in [0.05, 0.1) is 12.1 Å². The second kappa shape index (κ2) is 4.93. The number of para-hydroxylation sites is 1. The number of hydrogen-bond donors (Lipinski definition) is 0. The van der Waals surface area contributed by atoms with Gasteiger partial charge in [0.25, 0.3) is 5.91 Å². The van der Waals surface area contributed by atoms with E-state index in [4.69, 9.17) is 4.74 Å². The van der Waals surface area contributed by atoms with Crippen LogP contribution in [0.1, 0.15) is 23.5 Å². The number of nitrogens with zero attached hydrogens (tertiary/aromatic N) is 1. The Bertz CT molecular complexity index is 817. The van der Waals surface area contributed by atoms with Crippen molar-refractivity contribution in [1.82, 2.24) is 0 Å². The molecular weight excluding hydrogens is 358 g/mol. The van der Waals surface area contributed by atoms with Gasteiger partial charge in [-0.3, -0.25) is 9.59 Å². The molecule has 23 heavy (non-hydrogen) atoms.